The number of hydrogen-bond acceptors (Lipinski definition) is 2. The molecular weight excluding hydrogens is 138 g/mol. The molecule has 0 rings (SSSR count). The normalized spacial score (nSPS) is 10.5. The van der Waals surface area contributed by atoms with E-state index >= 15 is 0 Å². The third-order valence-electron chi connectivity index (χ3n) is 1.19. The molecular formula is C8H17N3. The van der Waals surface area contributed by atoms with E-state index in [2.05, 4.69) is 11.6 Å². The van der Waals surface area contributed by atoms with E-state index in [4.69, 9.17) is 5.73 Å². The van der Waals surface area contributed by atoms with Gasteiger partial charge in [-0.25, -0.2) is 4.99 Å². The quantitative estimate of drug-likeness (QED) is 0.472. The Kier molecular flexibility index (Phi) is 5.47. The number of hydrogen-bond donors (Lipinski definition) is 1. The summed E-state index contributed by atoms with van der Waals surface area (Å²) in [4.78, 5) is 6.04. The Hall–Kier alpha value is -0.830. The zero-order valence-corrected chi connectivity index (χ0v) is 7.38. The average molecular weight is 155 g/mol. The predicted octanol–water partition coefficient (Wildman–Crippen LogP) is 0.829. The first-order valence-electron chi connectivity index (χ1n) is 3.77. The molecule has 64 valence electrons. The van der Waals surface area contributed by atoms with Gasteiger partial charge in [-0.1, -0.05) is 6.58 Å². The van der Waals surface area contributed by atoms with E-state index < -0.39 is 0 Å². The maximum atomic E-state index is 5.34. The molecule has 11 heavy (non-hydrogen) atoms. The van der Waals surface area contributed by atoms with Crippen molar-refractivity contribution in [2.75, 3.05) is 20.1 Å². The van der Waals surface area contributed by atoms with Gasteiger partial charge in [0, 0.05) is 19.3 Å². The van der Waals surface area contributed by atoms with Crippen molar-refractivity contribution in [1.82, 2.24) is 4.90 Å². The Balaban J connectivity index is 3.50. The van der Waals surface area contributed by atoms with Crippen molar-refractivity contribution in [2.24, 2.45) is 10.7 Å². The van der Waals surface area contributed by atoms with Crippen molar-refractivity contribution >= 4 is 6.34 Å². The average Bonchev–Trinajstić information content (AvgIpc) is 1.97. The molecule has 0 atom stereocenters. The Morgan fingerprint density at radius 1 is 1.73 bits per heavy atom. The van der Waals surface area contributed by atoms with Gasteiger partial charge in [0.15, 0.2) is 0 Å². The number of nitrogens with zero attached hydrogens (tertiary/aromatic N) is 2. The number of aliphatic imine (C=N–C) groups is 1. The second-order valence-corrected chi connectivity index (χ2v) is 2.60. The lowest BCUT2D eigenvalue weighted by Crippen LogP contribution is -2.19. The van der Waals surface area contributed by atoms with E-state index in [1.165, 1.54) is 0 Å². The molecule has 0 amide bonds. The summed E-state index contributed by atoms with van der Waals surface area (Å²) >= 11 is 0. The van der Waals surface area contributed by atoms with Crippen LogP contribution in [0.5, 0.6) is 0 Å². The molecule has 3 heteroatoms. The lowest BCUT2D eigenvalue weighted by atomic mass is 10.4. The van der Waals surface area contributed by atoms with Gasteiger partial charge < -0.3 is 10.6 Å². The van der Waals surface area contributed by atoms with Gasteiger partial charge in [-0.05, 0) is 19.9 Å². The largest absolute Gasteiger partial charge is 0.366 e. The predicted molar refractivity (Wildman–Crippen MR) is 49.6 cm³/mol. The van der Waals surface area contributed by atoms with E-state index in [9.17, 15) is 0 Å². The molecule has 0 fully saturated rings. The third-order valence-corrected chi connectivity index (χ3v) is 1.19. The Morgan fingerprint density at radius 2 is 2.36 bits per heavy atom. The summed E-state index contributed by atoms with van der Waals surface area (Å²) in [5.41, 5.74) is 6.17. The van der Waals surface area contributed by atoms with Gasteiger partial charge >= 0.3 is 0 Å². The molecule has 0 aromatic rings. The molecule has 0 aliphatic carbocycles. The number of nitrogens with two attached hydrogens (primary N) is 1. The third kappa shape index (κ3) is 7.06. The highest BCUT2D eigenvalue weighted by atomic mass is 15.1. The van der Waals surface area contributed by atoms with E-state index in [1.54, 1.807) is 6.34 Å². The van der Waals surface area contributed by atoms with E-state index in [0.717, 1.165) is 25.2 Å². The lowest BCUT2D eigenvalue weighted by Gasteiger charge is -2.11. The van der Waals surface area contributed by atoms with Crippen LogP contribution in [0.3, 0.4) is 0 Å². The minimum Gasteiger partial charge on any atom is -0.366 e. The van der Waals surface area contributed by atoms with Crippen LogP contribution in [0.25, 0.3) is 0 Å². The Labute approximate surface area is 68.6 Å². The highest BCUT2D eigenvalue weighted by Crippen LogP contribution is 1.88. The van der Waals surface area contributed by atoms with Gasteiger partial charge in [-0.2, -0.15) is 0 Å². The van der Waals surface area contributed by atoms with Crippen molar-refractivity contribution < 1.29 is 0 Å². The van der Waals surface area contributed by atoms with Crippen LogP contribution in [-0.4, -0.2) is 31.4 Å². The number of rotatable bonds is 5. The fourth-order valence-corrected chi connectivity index (χ4v) is 0.596. The molecule has 0 saturated heterocycles. The lowest BCUT2D eigenvalue weighted by molar-refractivity contribution is 0.505. The molecule has 0 saturated carbocycles. The van der Waals surface area contributed by atoms with Gasteiger partial charge in [-0.15, -0.1) is 0 Å². The van der Waals surface area contributed by atoms with Crippen LogP contribution in [-0.2, 0) is 0 Å². The first kappa shape index (κ1) is 10.2. The number of allylic oxidation sites excluding steroid dienone is 1. The SMILES string of the molecule is C=C(C)/N=C\N(C)CCCN. The summed E-state index contributed by atoms with van der Waals surface area (Å²) in [6, 6.07) is 0. The standard InChI is InChI=1S/C8H17N3/c1-8(2)10-7-11(3)6-4-5-9/h7H,1,4-6,9H2,2-3H3/b10-7-. The van der Waals surface area contributed by atoms with Crippen LogP contribution in [0, 0.1) is 0 Å². The van der Waals surface area contributed by atoms with Gasteiger partial charge in [0.1, 0.15) is 0 Å². The molecule has 0 radical (unpaired) electrons. The Bertz CT molecular complexity index is 140. The highest BCUT2D eigenvalue weighted by molar-refractivity contribution is 5.55. The van der Waals surface area contributed by atoms with Crippen molar-refractivity contribution in [2.45, 2.75) is 13.3 Å². The fourth-order valence-electron chi connectivity index (χ4n) is 0.596. The van der Waals surface area contributed by atoms with E-state index in [1.807, 2.05) is 18.9 Å². The summed E-state index contributed by atoms with van der Waals surface area (Å²) in [7, 11) is 1.97. The first-order chi connectivity index (χ1) is 5.16. The fraction of sp³-hybridized carbons (Fsp3) is 0.625. The summed E-state index contributed by atoms with van der Waals surface area (Å²) in [6.07, 6.45) is 2.77. The molecule has 0 bridgehead atoms. The molecule has 0 aromatic carbocycles. The second kappa shape index (κ2) is 5.92. The summed E-state index contributed by atoms with van der Waals surface area (Å²) in [5, 5.41) is 0. The van der Waals surface area contributed by atoms with Crippen LogP contribution in [0.15, 0.2) is 17.3 Å². The molecule has 2 N–H and O–H groups in total. The first-order valence-corrected chi connectivity index (χ1v) is 3.77. The minimum absolute atomic E-state index is 0.727. The van der Waals surface area contributed by atoms with Gasteiger partial charge in [0.25, 0.3) is 0 Å². The maximum Gasteiger partial charge on any atom is 0.0905 e. The Morgan fingerprint density at radius 3 is 2.82 bits per heavy atom. The summed E-state index contributed by atoms with van der Waals surface area (Å²) in [6.45, 7) is 7.21. The van der Waals surface area contributed by atoms with E-state index in [0.29, 0.717) is 0 Å². The van der Waals surface area contributed by atoms with Gasteiger partial charge in [0.05, 0.1) is 6.34 Å². The van der Waals surface area contributed by atoms with Crippen molar-refractivity contribution in [1.29, 1.82) is 0 Å². The molecule has 0 aliphatic rings. The van der Waals surface area contributed by atoms with Gasteiger partial charge in [0.2, 0.25) is 0 Å². The highest BCUT2D eigenvalue weighted by Gasteiger charge is 1.88. The summed E-state index contributed by atoms with van der Waals surface area (Å²) in [5.74, 6) is 0. The van der Waals surface area contributed by atoms with Crippen LogP contribution in [0.2, 0.25) is 0 Å². The molecule has 0 aliphatic heterocycles. The van der Waals surface area contributed by atoms with Crippen LogP contribution in [0.4, 0.5) is 0 Å². The maximum absolute atomic E-state index is 5.34. The molecule has 0 aromatic heterocycles. The van der Waals surface area contributed by atoms with Crippen LogP contribution >= 0.6 is 0 Å². The second-order valence-electron chi connectivity index (χ2n) is 2.60. The topological polar surface area (TPSA) is 41.6 Å². The molecule has 0 spiro atoms. The van der Waals surface area contributed by atoms with Gasteiger partial charge in [-0.3, -0.25) is 0 Å². The van der Waals surface area contributed by atoms with Crippen LogP contribution in [0.1, 0.15) is 13.3 Å². The molecule has 0 heterocycles. The zero-order chi connectivity index (χ0) is 8.69. The molecule has 0 unspecified atom stereocenters. The minimum atomic E-state index is 0.727. The van der Waals surface area contributed by atoms with Crippen molar-refractivity contribution in [3.05, 3.63) is 12.3 Å². The van der Waals surface area contributed by atoms with Crippen molar-refractivity contribution in [3.8, 4) is 0 Å². The summed E-state index contributed by atoms with van der Waals surface area (Å²) < 4.78 is 0. The molecule has 3 nitrogen and oxygen atoms in total. The van der Waals surface area contributed by atoms with E-state index in [-0.39, 0.29) is 0 Å². The zero-order valence-electron chi connectivity index (χ0n) is 7.38. The smallest absolute Gasteiger partial charge is 0.0905 e. The monoisotopic (exact) mass is 155 g/mol. The van der Waals surface area contributed by atoms with Crippen molar-refractivity contribution in [3.63, 3.8) is 0 Å². The van der Waals surface area contributed by atoms with Crippen LogP contribution < -0.4 is 5.73 Å².